The van der Waals surface area contributed by atoms with E-state index in [1.165, 1.54) is 4.31 Å². The Morgan fingerprint density at radius 2 is 2.00 bits per heavy atom. The van der Waals surface area contributed by atoms with Gasteiger partial charge < -0.3 is 10.6 Å². The Morgan fingerprint density at radius 3 is 2.68 bits per heavy atom. The fourth-order valence-electron chi connectivity index (χ4n) is 4.39. The molecule has 126 valence electrons. The van der Waals surface area contributed by atoms with Crippen molar-refractivity contribution in [2.45, 2.75) is 51.1 Å². The predicted molar refractivity (Wildman–Crippen MR) is 84.6 cm³/mol. The van der Waals surface area contributed by atoms with E-state index in [1.54, 1.807) is 0 Å². The van der Waals surface area contributed by atoms with E-state index >= 15 is 0 Å². The molecule has 0 aromatic heterocycles. The van der Waals surface area contributed by atoms with E-state index in [1.807, 2.05) is 11.8 Å². The molecule has 7 heteroatoms. The highest BCUT2D eigenvalue weighted by molar-refractivity contribution is 7.89. The zero-order chi connectivity index (χ0) is 15.9. The largest absolute Gasteiger partial charge is 0.341 e. The first-order valence-electron chi connectivity index (χ1n) is 8.48. The van der Waals surface area contributed by atoms with Crippen LogP contribution in [0.4, 0.5) is 0 Å². The number of hydrogen-bond donors (Lipinski definition) is 1. The Balaban J connectivity index is 1.70. The SMILES string of the molecule is CCCS(=O)(=O)N1CCCC1C(=O)N1CC2CCC(N)C2C1. The van der Waals surface area contributed by atoms with Crippen molar-refractivity contribution in [3.05, 3.63) is 0 Å². The van der Waals surface area contributed by atoms with E-state index in [2.05, 4.69) is 0 Å². The molecule has 1 amide bonds. The minimum Gasteiger partial charge on any atom is -0.341 e. The van der Waals surface area contributed by atoms with Crippen molar-refractivity contribution in [3.8, 4) is 0 Å². The highest BCUT2D eigenvalue weighted by atomic mass is 32.2. The Morgan fingerprint density at radius 1 is 1.23 bits per heavy atom. The quantitative estimate of drug-likeness (QED) is 0.808. The summed E-state index contributed by atoms with van der Waals surface area (Å²) in [5.41, 5.74) is 6.13. The number of nitrogens with two attached hydrogens (primary N) is 1. The van der Waals surface area contributed by atoms with Crippen molar-refractivity contribution in [1.82, 2.24) is 9.21 Å². The number of likely N-dealkylation sites (tertiary alicyclic amines) is 1. The van der Waals surface area contributed by atoms with Crippen LogP contribution in [0.3, 0.4) is 0 Å². The summed E-state index contributed by atoms with van der Waals surface area (Å²) in [4.78, 5) is 14.7. The van der Waals surface area contributed by atoms with Crippen LogP contribution in [0.2, 0.25) is 0 Å². The van der Waals surface area contributed by atoms with Gasteiger partial charge in [0, 0.05) is 25.7 Å². The number of nitrogens with zero attached hydrogens (tertiary/aromatic N) is 2. The summed E-state index contributed by atoms with van der Waals surface area (Å²) in [6.45, 7) is 3.81. The average molecular weight is 329 g/mol. The van der Waals surface area contributed by atoms with Gasteiger partial charge in [-0.15, -0.1) is 0 Å². The molecule has 22 heavy (non-hydrogen) atoms. The number of fused-ring (bicyclic) bond motifs is 1. The number of carbonyl (C=O) groups excluding carboxylic acids is 1. The van der Waals surface area contributed by atoms with Crippen LogP contribution in [0, 0.1) is 11.8 Å². The van der Waals surface area contributed by atoms with Gasteiger partial charge in [-0.05, 0) is 43.9 Å². The maximum absolute atomic E-state index is 12.8. The Hall–Kier alpha value is -0.660. The second kappa shape index (κ2) is 6.09. The number of amides is 1. The predicted octanol–water partition coefficient (Wildman–Crippen LogP) is 0.386. The van der Waals surface area contributed by atoms with Gasteiger partial charge in [0.2, 0.25) is 15.9 Å². The van der Waals surface area contributed by atoms with Crippen molar-refractivity contribution in [1.29, 1.82) is 0 Å². The van der Waals surface area contributed by atoms with Gasteiger partial charge in [-0.3, -0.25) is 4.79 Å². The molecule has 2 saturated heterocycles. The minimum atomic E-state index is -3.30. The van der Waals surface area contributed by atoms with Crippen molar-refractivity contribution in [3.63, 3.8) is 0 Å². The van der Waals surface area contributed by atoms with Gasteiger partial charge >= 0.3 is 0 Å². The molecular weight excluding hydrogens is 302 g/mol. The fraction of sp³-hybridized carbons (Fsp3) is 0.933. The molecule has 0 spiro atoms. The summed E-state index contributed by atoms with van der Waals surface area (Å²) in [6.07, 6.45) is 4.16. The Bertz CT molecular complexity index is 536. The summed E-state index contributed by atoms with van der Waals surface area (Å²) in [5.74, 6) is 1.05. The van der Waals surface area contributed by atoms with Crippen LogP contribution < -0.4 is 5.73 Å². The van der Waals surface area contributed by atoms with Gasteiger partial charge in [0.1, 0.15) is 6.04 Å². The van der Waals surface area contributed by atoms with Crippen LogP contribution in [-0.4, -0.2) is 61.0 Å². The lowest BCUT2D eigenvalue weighted by Crippen LogP contribution is -2.48. The van der Waals surface area contributed by atoms with Crippen LogP contribution >= 0.6 is 0 Å². The lowest BCUT2D eigenvalue weighted by Gasteiger charge is -2.28. The van der Waals surface area contributed by atoms with E-state index in [9.17, 15) is 13.2 Å². The van der Waals surface area contributed by atoms with Crippen LogP contribution in [0.5, 0.6) is 0 Å². The molecule has 4 unspecified atom stereocenters. The molecule has 1 aliphatic carbocycles. The highest BCUT2D eigenvalue weighted by Crippen LogP contribution is 2.38. The molecule has 3 fully saturated rings. The van der Waals surface area contributed by atoms with Gasteiger partial charge in [0.25, 0.3) is 0 Å². The molecule has 0 aromatic rings. The third-order valence-corrected chi connectivity index (χ3v) is 7.61. The minimum absolute atomic E-state index is 0.00113. The van der Waals surface area contributed by atoms with E-state index < -0.39 is 16.1 Å². The van der Waals surface area contributed by atoms with Crippen molar-refractivity contribution in [2.75, 3.05) is 25.4 Å². The Labute approximate surface area is 133 Å². The van der Waals surface area contributed by atoms with Crippen molar-refractivity contribution >= 4 is 15.9 Å². The van der Waals surface area contributed by atoms with Gasteiger partial charge in [-0.25, -0.2) is 8.42 Å². The number of hydrogen-bond acceptors (Lipinski definition) is 4. The molecule has 0 aromatic carbocycles. The number of sulfonamides is 1. The van der Waals surface area contributed by atoms with Crippen LogP contribution in [0.25, 0.3) is 0 Å². The first-order chi connectivity index (χ1) is 10.4. The fourth-order valence-corrected chi connectivity index (χ4v) is 6.13. The van der Waals surface area contributed by atoms with Crippen LogP contribution in [-0.2, 0) is 14.8 Å². The molecular formula is C15H27N3O3S. The number of rotatable bonds is 4. The molecule has 1 saturated carbocycles. The monoisotopic (exact) mass is 329 g/mol. The lowest BCUT2D eigenvalue weighted by atomic mass is 9.98. The second-order valence-corrected chi connectivity index (χ2v) is 9.03. The molecule has 0 bridgehead atoms. The third kappa shape index (κ3) is 2.78. The summed E-state index contributed by atoms with van der Waals surface area (Å²) >= 11 is 0. The van der Waals surface area contributed by atoms with E-state index in [4.69, 9.17) is 5.73 Å². The normalized spacial score (nSPS) is 36.0. The van der Waals surface area contributed by atoms with Gasteiger partial charge in [-0.2, -0.15) is 4.31 Å². The molecule has 0 radical (unpaired) electrons. The second-order valence-electron chi connectivity index (χ2n) is 6.99. The summed E-state index contributed by atoms with van der Waals surface area (Å²) in [7, 11) is -3.30. The molecule has 6 nitrogen and oxygen atoms in total. The Kier molecular flexibility index (Phi) is 4.49. The molecule has 3 rings (SSSR count). The maximum atomic E-state index is 12.8. The first-order valence-corrected chi connectivity index (χ1v) is 10.1. The summed E-state index contributed by atoms with van der Waals surface area (Å²) in [6, 6.07) is -0.280. The van der Waals surface area contributed by atoms with E-state index in [0.29, 0.717) is 37.8 Å². The standard InChI is InChI=1S/C15H27N3O3S/c1-2-8-22(20,21)18-7-3-4-14(18)15(19)17-9-11-5-6-13(16)12(11)10-17/h11-14H,2-10,16H2,1H3. The first kappa shape index (κ1) is 16.2. The smallest absolute Gasteiger partial charge is 0.241 e. The highest BCUT2D eigenvalue weighted by Gasteiger charge is 2.46. The van der Waals surface area contributed by atoms with Gasteiger partial charge in [-0.1, -0.05) is 6.92 Å². The van der Waals surface area contributed by atoms with Crippen LogP contribution in [0.15, 0.2) is 0 Å². The zero-order valence-corrected chi connectivity index (χ0v) is 14.1. The lowest BCUT2D eigenvalue weighted by molar-refractivity contribution is -0.133. The molecule has 3 aliphatic rings. The van der Waals surface area contributed by atoms with Crippen molar-refractivity contribution < 1.29 is 13.2 Å². The molecule has 2 N–H and O–H groups in total. The molecule has 4 atom stereocenters. The third-order valence-electron chi connectivity index (χ3n) is 5.53. The van der Waals surface area contributed by atoms with Gasteiger partial charge in [0.15, 0.2) is 0 Å². The van der Waals surface area contributed by atoms with E-state index in [0.717, 1.165) is 25.8 Å². The zero-order valence-electron chi connectivity index (χ0n) is 13.3. The summed E-state index contributed by atoms with van der Waals surface area (Å²) < 4.78 is 26.1. The number of carbonyl (C=O) groups is 1. The summed E-state index contributed by atoms with van der Waals surface area (Å²) in [5, 5.41) is 0. The average Bonchev–Trinajstić information content (AvgIpc) is 3.15. The van der Waals surface area contributed by atoms with Crippen molar-refractivity contribution in [2.24, 2.45) is 17.6 Å². The maximum Gasteiger partial charge on any atom is 0.241 e. The van der Waals surface area contributed by atoms with Crippen LogP contribution in [0.1, 0.15) is 39.0 Å². The van der Waals surface area contributed by atoms with E-state index in [-0.39, 0.29) is 17.7 Å². The topological polar surface area (TPSA) is 83.7 Å². The molecule has 2 heterocycles. The van der Waals surface area contributed by atoms with Gasteiger partial charge in [0.05, 0.1) is 5.75 Å². The molecule has 2 aliphatic heterocycles.